The van der Waals surface area contributed by atoms with Crippen molar-refractivity contribution >= 4 is 11.6 Å². The molecule has 2 aromatic rings. The first-order valence-corrected chi connectivity index (χ1v) is 10.6. The lowest BCUT2D eigenvalue weighted by molar-refractivity contribution is -0.367. The summed E-state index contributed by atoms with van der Waals surface area (Å²) in [4.78, 5) is 0. The second-order valence-corrected chi connectivity index (χ2v) is 8.73. The van der Waals surface area contributed by atoms with E-state index in [4.69, 9.17) is 25.8 Å². The predicted molar refractivity (Wildman–Crippen MR) is 113 cm³/mol. The molecule has 0 amide bonds. The first kappa shape index (κ1) is 22.5. The Balaban J connectivity index is 1.70. The van der Waals surface area contributed by atoms with Crippen LogP contribution in [0.15, 0.2) is 42.5 Å². The molecule has 2 fully saturated rings. The molecule has 0 unspecified atom stereocenters. The minimum absolute atomic E-state index is 0.186. The molecule has 5 atom stereocenters. The molecule has 8 heteroatoms. The van der Waals surface area contributed by atoms with E-state index in [2.05, 4.69) is 0 Å². The van der Waals surface area contributed by atoms with E-state index in [1.54, 1.807) is 18.2 Å². The highest BCUT2D eigenvalue weighted by atomic mass is 35.5. The fourth-order valence-corrected chi connectivity index (χ4v) is 4.55. The Bertz CT molecular complexity index is 947. The Labute approximate surface area is 185 Å². The molecule has 4 N–H and O–H groups in total. The molecule has 0 aliphatic carbocycles. The van der Waals surface area contributed by atoms with Gasteiger partial charge in [0.15, 0.2) is 0 Å². The van der Waals surface area contributed by atoms with Gasteiger partial charge in [0.25, 0.3) is 0 Å². The van der Waals surface area contributed by atoms with Gasteiger partial charge in [-0.1, -0.05) is 29.8 Å². The lowest BCUT2D eigenvalue weighted by Gasteiger charge is -2.51. The maximum Gasteiger partial charge on any atom is 0.228 e. The third-order valence-electron chi connectivity index (χ3n) is 6.27. The zero-order valence-corrected chi connectivity index (χ0v) is 18.2. The summed E-state index contributed by atoms with van der Waals surface area (Å²) in [7, 11) is 0. The van der Waals surface area contributed by atoms with Crippen LogP contribution in [-0.4, -0.2) is 63.7 Å². The lowest BCUT2D eigenvalue weighted by atomic mass is 9.75. The zero-order chi connectivity index (χ0) is 22.4. The zero-order valence-electron chi connectivity index (χ0n) is 17.4. The minimum atomic E-state index is -1.98. The van der Waals surface area contributed by atoms with Gasteiger partial charge in [0.1, 0.15) is 29.2 Å². The molecule has 7 nitrogen and oxygen atoms in total. The first-order valence-electron chi connectivity index (χ1n) is 10.2. The summed E-state index contributed by atoms with van der Waals surface area (Å²) in [6.45, 7) is 3.09. The van der Waals surface area contributed by atoms with E-state index in [-0.39, 0.29) is 6.61 Å². The summed E-state index contributed by atoms with van der Waals surface area (Å²) in [6.07, 6.45) is -2.60. The molecule has 2 bridgehead atoms. The standard InChI is InChI=1S/C23H27ClO7/c1-3-29-17-7-4-14(5-8-17)10-15-11-16(6-9-18(15)24)23-21(2,28)19(26)20(27)22(12-25,31-23)13-30-23/h4-9,11,19-20,25-28H,3,10,12-13H2,1-2H3/t19-,20-,21-,22-,23-/m0/s1. The highest BCUT2D eigenvalue weighted by Crippen LogP contribution is 2.54. The Hall–Kier alpha value is -1.71. The molecule has 2 saturated heterocycles. The summed E-state index contributed by atoms with van der Waals surface area (Å²) >= 11 is 6.44. The van der Waals surface area contributed by atoms with Gasteiger partial charge in [-0.25, -0.2) is 0 Å². The van der Waals surface area contributed by atoms with Gasteiger partial charge in [-0.05, 0) is 55.7 Å². The maximum absolute atomic E-state index is 11.2. The van der Waals surface area contributed by atoms with Gasteiger partial charge in [0, 0.05) is 10.6 Å². The fraction of sp³-hybridized carbons (Fsp3) is 0.478. The van der Waals surface area contributed by atoms with E-state index < -0.39 is 35.8 Å². The van der Waals surface area contributed by atoms with Crippen molar-refractivity contribution in [3.63, 3.8) is 0 Å². The normalized spacial score (nSPS) is 34.7. The summed E-state index contributed by atoms with van der Waals surface area (Å²) < 4.78 is 17.4. The minimum Gasteiger partial charge on any atom is -0.494 e. The average Bonchev–Trinajstić information content (AvgIpc) is 3.16. The van der Waals surface area contributed by atoms with Crippen molar-refractivity contribution < 1.29 is 34.6 Å². The molecular formula is C23H27ClO7. The molecule has 0 saturated carbocycles. The van der Waals surface area contributed by atoms with Gasteiger partial charge >= 0.3 is 0 Å². The number of aliphatic hydroxyl groups excluding tert-OH is 3. The number of ether oxygens (including phenoxy) is 3. The number of fused-ring (bicyclic) bond motifs is 2. The highest BCUT2D eigenvalue weighted by Gasteiger charge is 2.72. The van der Waals surface area contributed by atoms with Crippen molar-refractivity contribution in [3.8, 4) is 5.75 Å². The van der Waals surface area contributed by atoms with Gasteiger partial charge in [0.05, 0.1) is 19.8 Å². The molecule has 0 radical (unpaired) electrons. The van der Waals surface area contributed by atoms with Crippen molar-refractivity contribution in [3.05, 3.63) is 64.2 Å². The SMILES string of the molecule is CCOc1ccc(Cc2cc([C@]34OC[C@](CO)(O3)[C@@H](O)[C@H](O)[C@]4(C)O)ccc2Cl)cc1. The molecule has 2 aromatic carbocycles. The van der Waals surface area contributed by atoms with Crippen molar-refractivity contribution in [2.45, 2.75) is 49.5 Å². The van der Waals surface area contributed by atoms with Gasteiger partial charge in [-0.15, -0.1) is 0 Å². The van der Waals surface area contributed by atoms with E-state index in [9.17, 15) is 20.4 Å². The summed E-state index contributed by atoms with van der Waals surface area (Å²) in [5.74, 6) is -0.990. The maximum atomic E-state index is 11.2. The van der Waals surface area contributed by atoms with Gasteiger partial charge in [-0.3, -0.25) is 0 Å². The molecule has 2 heterocycles. The lowest BCUT2D eigenvalue weighted by Crippen LogP contribution is -2.71. The molecule has 0 spiro atoms. The average molecular weight is 451 g/mol. The third kappa shape index (κ3) is 3.45. The quantitative estimate of drug-likeness (QED) is 0.531. The topological polar surface area (TPSA) is 109 Å². The largest absolute Gasteiger partial charge is 0.494 e. The molecule has 4 rings (SSSR count). The number of hydrogen-bond acceptors (Lipinski definition) is 7. The van der Waals surface area contributed by atoms with E-state index in [0.29, 0.717) is 23.6 Å². The van der Waals surface area contributed by atoms with Crippen LogP contribution >= 0.6 is 11.6 Å². The van der Waals surface area contributed by atoms with E-state index in [0.717, 1.165) is 16.9 Å². The Kier molecular flexibility index (Phi) is 5.81. The van der Waals surface area contributed by atoms with E-state index >= 15 is 0 Å². The Morgan fingerprint density at radius 2 is 1.84 bits per heavy atom. The predicted octanol–water partition coefficient (Wildman–Crippen LogP) is 1.75. The summed E-state index contributed by atoms with van der Waals surface area (Å²) in [5.41, 5.74) is -1.31. The van der Waals surface area contributed by atoms with Crippen LogP contribution in [0.5, 0.6) is 5.75 Å². The van der Waals surface area contributed by atoms with Gasteiger partial charge in [-0.2, -0.15) is 0 Å². The van der Waals surface area contributed by atoms with Crippen LogP contribution in [0.2, 0.25) is 5.02 Å². The Morgan fingerprint density at radius 1 is 1.13 bits per heavy atom. The number of hydrogen-bond donors (Lipinski definition) is 4. The number of aliphatic hydroxyl groups is 4. The summed E-state index contributed by atoms with van der Waals surface area (Å²) in [5, 5.41) is 42.6. The molecular weight excluding hydrogens is 424 g/mol. The second-order valence-electron chi connectivity index (χ2n) is 8.33. The fourth-order valence-electron chi connectivity index (χ4n) is 4.36. The van der Waals surface area contributed by atoms with Crippen LogP contribution in [0, 0.1) is 0 Å². The number of rotatable bonds is 6. The van der Waals surface area contributed by atoms with Crippen molar-refractivity contribution in [1.82, 2.24) is 0 Å². The molecule has 31 heavy (non-hydrogen) atoms. The van der Waals surface area contributed by atoms with Crippen LogP contribution in [0.3, 0.4) is 0 Å². The van der Waals surface area contributed by atoms with Gasteiger partial charge in [0.2, 0.25) is 5.79 Å². The van der Waals surface area contributed by atoms with Crippen LogP contribution in [0.25, 0.3) is 0 Å². The molecule has 2 aliphatic rings. The first-order chi connectivity index (χ1) is 14.7. The number of benzene rings is 2. The molecule has 0 aromatic heterocycles. The van der Waals surface area contributed by atoms with Crippen LogP contribution in [-0.2, 0) is 21.7 Å². The third-order valence-corrected chi connectivity index (χ3v) is 6.64. The summed E-state index contributed by atoms with van der Waals surface area (Å²) in [6, 6.07) is 12.7. The monoisotopic (exact) mass is 450 g/mol. The van der Waals surface area contributed by atoms with E-state index in [1.807, 2.05) is 31.2 Å². The number of halogens is 1. The van der Waals surface area contributed by atoms with Gasteiger partial charge < -0.3 is 34.6 Å². The van der Waals surface area contributed by atoms with Crippen LogP contribution in [0.4, 0.5) is 0 Å². The van der Waals surface area contributed by atoms with E-state index in [1.165, 1.54) is 6.92 Å². The van der Waals surface area contributed by atoms with Crippen LogP contribution in [0.1, 0.15) is 30.5 Å². The van der Waals surface area contributed by atoms with Crippen molar-refractivity contribution in [1.29, 1.82) is 0 Å². The van der Waals surface area contributed by atoms with Crippen molar-refractivity contribution in [2.75, 3.05) is 19.8 Å². The molecule has 168 valence electrons. The molecule has 2 aliphatic heterocycles. The highest BCUT2D eigenvalue weighted by molar-refractivity contribution is 6.31. The second kappa shape index (κ2) is 8.01. The Morgan fingerprint density at radius 3 is 2.48 bits per heavy atom. The van der Waals surface area contributed by atoms with Crippen molar-refractivity contribution in [2.24, 2.45) is 0 Å². The van der Waals surface area contributed by atoms with Crippen LogP contribution < -0.4 is 4.74 Å². The smallest absolute Gasteiger partial charge is 0.228 e.